The zero-order valence-electron chi connectivity index (χ0n) is 16.3. The molecule has 5 rings (SSSR count). The van der Waals surface area contributed by atoms with E-state index in [1.54, 1.807) is 0 Å². The number of alkyl halides is 3. The number of hydrogen-bond acceptors (Lipinski definition) is 5. The predicted molar refractivity (Wildman–Crippen MR) is 102 cm³/mol. The molecule has 31 heavy (non-hydrogen) atoms. The van der Waals surface area contributed by atoms with E-state index >= 15 is 0 Å². The number of fused-ring (bicyclic) bond motifs is 3. The lowest BCUT2D eigenvalue weighted by Gasteiger charge is -2.40. The van der Waals surface area contributed by atoms with Gasteiger partial charge in [-0.2, -0.15) is 18.2 Å². The molecular weight excluding hydrogens is 423 g/mol. The maximum Gasteiger partial charge on any atom is 0.409 e. The van der Waals surface area contributed by atoms with Gasteiger partial charge in [-0.25, -0.2) is 8.78 Å². The van der Waals surface area contributed by atoms with Crippen molar-refractivity contribution in [3.8, 4) is 0 Å². The highest BCUT2D eigenvalue weighted by Crippen LogP contribution is 2.40. The lowest BCUT2D eigenvalue weighted by molar-refractivity contribution is -0.150. The number of rotatable bonds is 2. The van der Waals surface area contributed by atoms with Gasteiger partial charge in [0.15, 0.2) is 0 Å². The summed E-state index contributed by atoms with van der Waals surface area (Å²) < 4.78 is 76.2. The molecule has 2 fully saturated rings. The van der Waals surface area contributed by atoms with Crippen LogP contribution in [0.5, 0.6) is 0 Å². The molecule has 2 bridgehead atoms. The number of nitrogens with zero attached hydrogens (tertiary/aromatic N) is 4. The number of morpholine rings is 1. The molecule has 1 aromatic heterocycles. The molecule has 1 aromatic carbocycles. The third-order valence-electron chi connectivity index (χ3n) is 6.00. The first kappa shape index (κ1) is 20.2. The molecule has 0 saturated carbocycles. The Morgan fingerprint density at radius 2 is 1.61 bits per heavy atom. The molecule has 2 saturated heterocycles. The Kier molecular flexibility index (Phi) is 4.68. The normalized spacial score (nSPS) is 25.6. The van der Waals surface area contributed by atoms with Gasteiger partial charge < -0.3 is 9.64 Å². The van der Waals surface area contributed by atoms with Crippen molar-refractivity contribution in [2.24, 2.45) is 0 Å². The van der Waals surface area contributed by atoms with E-state index in [-0.39, 0.29) is 36.2 Å². The molecule has 6 nitrogen and oxygen atoms in total. The van der Waals surface area contributed by atoms with Gasteiger partial charge >= 0.3 is 6.18 Å². The molecular formula is C20H19F5N4O2. The number of aromatic nitrogens is 2. The summed E-state index contributed by atoms with van der Waals surface area (Å²) in [5.41, 5.74) is -0.860. The molecule has 3 atom stereocenters. The van der Waals surface area contributed by atoms with Crippen LogP contribution in [0.3, 0.4) is 0 Å². The largest absolute Gasteiger partial charge is 0.409 e. The van der Waals surface area contributed by atoms with Crippen molar-refractivity contribution in [3.63, 3.8) is 0 Å². The topological polar surface area (TPSA) is 50.6 Å². The zero-order chi connectivity index (χ0) is 21.9. The van der Waals surface area contributed by atoms with E-state index in [1.165, 1.54) is 6.07 Å². The summed E-state index contributed by atoms with van der Waals surface area (Å²) in [5.74, 6) is -2.08. The minimum Gasteiger partial charge on any atom is -0.371 e. The molecule has 0 N–H and O–H groups in total. The molecule has 3 aliphatic heterocycles. The van der Waals surface area contributed by atoms with Crippen LogP contribution < -0.4 is 15.4 Å². The second-order valence-corrected chi connectivity index (χ2v) is 8.11. The lowest BCUT2D eigenvalue weighted by atomic mass is 10.1. The third-order valence-corrected chi connectivity index (χ3v) is 6.00. The summed E-state index contributed by atoms with van der Waals surface area (Å²) in [5, 5.41) is 0. The first-order valence-corrected chi connectivity index (χ1v) is 10.0. The second kappa shape index (κ2) is 7.18. The monoisotopic (exact) mass is 442 g/mol. The van der Waals surface area contributed by atoms with Crippen molar-refractivity contribution in [2.45, 2.75) is 50.2 Å². The van der Waals surface area contributed by atoms with Crippen LogP contribution in [0, 0.1) is 11.6 Å². The zero-order valence-corrected chi connectivity index (χ0v) is 16.3. The number of hydrogen-bond donors (Lipinski definition) is 0. The van der Waals surface area contributed by atoms with Crippen LogP contribution in [0.4, 0.5) is 39.4 Å². The van der Waals surface area contributed by atoms with Crippen LogP contribution in [0.25, 0.3) is 0 Å². The Morgan fingerprint density at radius 3 is 2.23 bits per heavy atom. The Hall–Kier alpha value is -2.69. The number of ether oxygens (including phenoxy) is 1. The van der Waals surface area contributed by atoms with E-state index in [0.717, 1.165) is 34.4 Å². The summed E-state index contributed by atoms with van der Waals surface area (Å²) in [6.45, 7) is 0.752. The molecule has 166 valence electrons. The van der Waals surface area contributed by atoms with E-state index < -0.39 is 35.8 Å². The Balaban J connectivity index is 1.64. The molecule has 0 aliphatic carbocycles. The van der Waals surface area contributed by atoms with Gasteiger partial charge in [-0.05, 0) is 31.4 Å². The highest BCUT2D eigenvalue weighted by molar-refractivity contribution is 5.62. The number of benzene rings is 1. The van der Waals surface area contributed by atoms with E-state index in [9.17, 15) is 26.7 Å². The first-order chi connectivity index (χ1) is 14.7. The molecule has 2 aromatic rings. The van der Waals surface area contributed by atoms with Gasteiger partial charge in [0.05, 0.1) is 17.9 Å². The standard InChI is InChI=1S/C20H19F5N4O2/c21-11-5-12(22)7-13(6-11)29-16(20(23,24)25)3-4-28-18(30)8-17(26-19(28)29)27-9-14-1-2-15(10-27)31-14/h5-8,14-16H,1-4,9-10H2. The van der Waals surface area contributed by atoms with Crippen molar-refractivity contribution in [2.75, 3.05) is 22.9 Å². The van der Waals surface area contributed by atoms with Crippen molar-refractivity contribution in [1.29, 1.82) is 0 Å². The lowest BCUT2D eigenvalue weighted by Crippen LogP contribution is -2.50. The summed E-state index contributed by atoms with van der Waals surface area (Å²) in [7, 11) is 0. The third kappa shape index (κ3) is 3.64. The molecule has 0 radical (unpaired) electrons. The average Bonchev–Trinajstić information content (AvgIpc) is 3.03. The van der Waals surface area contributed by atoms with Gasteiger partial charge in [0, 0.05) is 31.8 Å². The molecule has 3 aliphatic rings. The molecule has 3 unspecified atom stereocenters. The molecule has 4 heterocycles. The van der Waals surface area contributed by atoms with Crippen molar-refractivity contribution >= 4 is 17.5 Å². The predicted octanol–water partition coefficient (Wildman–Crippen LogP) is 3.36. The van der Waals surface area contributed by atoms with Crippen molar-refractivity contribution in [1.82, 2.24) is 9.55 Å². The van der Waals surface area contributed by atoms with Crippen LogP contribution in [0.2, 0.25) is 0 Å². The van der Waals surface area contributed by atoms with E-state index in [0.29, 0.717) is 19.2 Å². The van der Waals surface area contributed by atoms with Gasteiger partial charge in [-0.15, -0.1) is 0 Å². The highest BCUT2D eigenvalue weighted by atomic mass is 19.4. The van der Waals surface area contributed by atoms with E-state index in [1.807, 2.05) is 4.90 Å². The molecule has 0 amide bonds. The molecule has 0 spiro atoms. The van der Waals surface area contributed by atoms with E-state index in [4.69, 9.17) is 4.74 Å². The van der Waals surface area contributed by atoms with Gasteiger partial charge in [0.25, 0.3) is 5.56 Å². The fourth-order valence-electron chi connectivity index (χ4n) is 4.64. The van der Waals surface area contributed by atoms with Crippen LogP contribution in [0.15, 0.2) is 29.1 Å². The van der Waals surface area contributed by atoms with Crippen LogP contribution in [0.1, 0.15) is 19.3 Å². The van der Waals surface area contributed by atoms with Gasteiger partial charge in [-0.1, -0.05) is 0 Å². The van der Waals surface area contributed by atoms with Crippen LogP contribution >= 0.6 is 0 Å². The van der Waals surface area contributed by atoms with Crippen LogP contribution in [-0.2, 0) is 11.3 Å². The summed E-state index contributed by atoms with van der Waals surface area (Å²) in [6, 6.07) is 1.43. The molecule has 11 heteroatoms. The quantitative estimate of drug-likeness (QED) is 0.668. The first-order valence-electron chi connectivity index (χ1n) is 10.0. The minimum atomic E-state index is -4.69. The maximum absolute atomic E-state index is 13.9. The summed E-state index contributed by atoms with van der Waals surface area (Å²) in [6.07, 6.45) is -3.44. The number of halogens is 5. The smallest absolute Gasteiger partial charge is 0.371 e. The van der Waals surface area contributed by atoms with Gasteiger partial charge in [0.1, 0.15) is 23.5 Å². The van der Waals surface area contributed by atoms with E-state index in [2.05, 4.69) is 4.98 Å². The van der Waals surface area contributed by atoms with Gasteiger partial charge in [0.2, 0.25) is 5.95 Å². The van der Waals surface area contributed by atoms with Crippen molar-refractivity contribution in [3.05, 3.63) is 46.3 Å². The van der Waals surface area contributed by atoms with Crippen molar-refractivity contribution < 1.29 is 26.7 Å². The minimum absolute atomic E-state index is 0.0179. The van der Waals surface area contributed by atoms with Crippen LogP contribution in [-0.4, -0.2) is 47.1 Å². The second-order valence-electron chi connectivity index (χ2n) is 8.11. The summed E-state index contributed by atoms with van der Waals surface area (Å²) in [4.78, 5) is 19.7. The highest BCUT2D eigenvalue weighted by Gasteiger charge is 2.48. The summed E-state index contributed by atoms with van der Waals surface area (Å²) >= 11 is 0. The number of anilines is 3. The SMILES string of the molecule is O=c1cc(N2CC3CCC(C2)O3)nc2n1CCC(C(F)(F)F)N2c1cc(F)cc(F)c1. The Bertz CT molecular complexity index is 1040. The fraction of sp³-hybridized carbons (Fsp3) is 0.500. The van der Waals surface area contributed by atoms with Gasteiger partial charge in [-0.3, -0.25) is 14.3 Å². The average molecular weight is 442 g/mol. The maximum atomic E-state index is 13.9. The Morgan fingerprint density at radius 1 is 0.968 bits per heavy atom. The fourth-order valence-corrected chi connectivity index (χ4v) is 4.64. The Labute approximate surface area is 173 Å².